The van der Waals surface area contributed by atoms with Gasteiger partial charge < -0.3 is 5.32 Å². The molecule has 1 N–H and O–H groups in total. The molecular formula is C11H14BrNOS. The first-order valence-electron chi connectivity index (χ1n) is 5.09. The zero-order valence-corrected chi connectivity index (χ0v) is 11.2. The lowest BCUT2D eigenvalue weighted by molar-refractivity contribution is 0.546. The highest BCUT2D eigenvalue weighted by Gasteiger charge is 2.36. The van der Waals surface area contributed by atoms with Crippen molar-refractivity contribution < 1.29 is 4.21 Å². The number of rotatable bonds is 2. The van der Waals surface area contributed by atoms with Gasteiger partial charge in [-0.05, 0) is 41.0 Å². The van der Waals surface area contributed by atoms with Gasteiger partial charge in [0.2, 0.25) is 0 Å². The SMILES string of the molecule is CCNC1c2cccc(Br)c2S(=O)C1C. The zero-order chi connectivity index (χ0) is 11.0. The number of nitrogens with one attached hydrogen (secondary N) is 1. The maximum Gasteiger partial charge on any atom is 0.0592 e. The molecule has 1 aromatic carbocycles. The minimum atomic E-state index is -0.895. The van der Waals surface area contributed by atoms with Gasteiger partial charge in [-0.15, -0.1) is 0 Å². The highest BCUT2D eigenvalue weighted by molar-refractivity contribution is 9.10. The van der Waals surface area contributed by atoms with Crippen LogP contribution in [0.25, 0.3) is 0 Å². The lowest BCUT2D eigenvalue weighted by Crippen LogP contribution is -2.27. The van der Waals surface area contributed by atoms with Crippen LogP contribution in [0.15, 0.2) is 27.6 Å². The summed E-state index contributed by atoms with van der Waals surface area (Å²) in [5.41, 5.74) is 1.18. The Balaban J connectivity index is 2.50. The summed E-state index contributed by atoms with van der Waals surface area (Å²) in [5.74, 6) is 0. The molecule has 4 heteroatoms. The van der Waals surface area contributed by atoms with E-state index < -0.39 is 10.8 Å². The first kappa shape index (κ1) is 11.3. The average Bonchev–Trinajstić information content (AvgIpc) is 2.45. The van der Waals surface area contributed by atoms with E-state index in [0.717, 1.165) is 15.9 Å². The quantitative estimate of drug-likeness (QED) is 0.906. The third kappa shape index (κ3) is 1.79. The first-order valence-corrected chi connectivity index (χ1v) is 7.09. The molecule has 0 radical (unpaired) electrons. The number of hydrogen-bond donors (Lipinski definition) is 1. The van der Waals surface area contributed by atoms with Crippen molar-refractivity contribution in [3.05, 3.63) is 28.2 Å². The van der Waals surface area contributed by atoms with Crippen molar-refractivity contribution in [1.29, 1.82) is 0 Å². The van der Waals surface area contributed by atoms with Crippen LogP contribution in [-0.2, 0) is 10.8 Å². The minimum Gasteiger partial charge on any atom is -0.309 e. The maximum atomic E-state index is 12.1. The van der Waals surface area contributed by atoms with Gasteiger partial charge in [0, 0.05) is 10.5 Å². The first-order chi connectivity index (χ1) is 7.16. The predicted molar refractivity (Wildman–Crippen MR) is 66.4 cm³/mol. The molecule has 15 heavy (non-hydrogen) atoms. The van der Waals surface area contributed by atoms with Gasteiger partial charge in [0.1, 0.15) is 0 Å². The maximum absolute atomic E-state index is 12.1. The third-order valence-corrected chi connectivity index (χ3v) is 5.49. The van der Waals surface area contributed by atoms with Crippen molar-refractivity contribution in [3.63, 3.8) is 0 Å². The summed E-state index contributed by atoms with van der Waals surface area (Å²) >= 11 is 3.47. The summed E-state index contributed by atoms with van der Waals surface area (Å²) < 4.78 is 13.1. The fourth-order valence-corrected chi connectivity index (χ4v) is 4.45. The van der Waals surface area contributed by atoms with Crippen LogP contribution in [0.4, 0.5) is 0 Å². The van der Waals surface area contributed by atoms with E-state index in [4.69, 9.17) is 0 Å². The van der Waals surface area contributed by atoms with Crippen molar-refractivity contribution in [2.24, 2.45) is 0 Å². The van der Waals surface area contributed by atoms with Crippen LogP contribution in [0.1, 0.15) is 25.5 Å². The van der Waals surface area contributed by atoms with Crippen molar-refractivity contribution in [3.8, 4) is 0 Å². The molecule has 2 rings (SSSR count). The molecule has 0 saturated heterocycles. The number of benzene rings is 1. The van der Waals surface area contributed by atoms with Gasteiger partial charge in [-0.3, -0.25) is 4.21 Å². The van der Waals surface area contributed by atoms with E-state index in [1.807, 2.05) is 19.1 Å². The normalized spacial score (nSPS) is 29.1. The Hall–Kier alpha value is -0.190. The number of fused-ring (bicyclic) bond motifs is 1. The molecule has 82 valence electrons. The Morgan fingerprint density at radius 1 is 1.53 bits per heavy atom. The lowest BCUT2D eigenvalue weighted by atomic mass is 10.1. The molecule has 3 unspecified atom stereocenters. The zero-order valence-electron chi connectivity index (χ0n) is 8.79. The Morgan fingerprint density at radius 3 is 2.93 bits per heavy atom. The summed E-state index contributed by atoms with van der Waals surface area (Å²) in [7, 11) is -0.895. The third-order valence-electron chi connectivity index (χ3n) is 2.76. The van der Waals surface area contributed by atoms with Crippen LogP contribution < -0.4 is 5.32 Å². The van der Waals surface area contributed by atoms with Gasteiger partial charge in [0.05, 0.1) is 20.9 Å². The highest BCUT2D eigenvalue weighted by Crippen LogP contribution is 2.39. The van der Waals surface area contributed by atoms with Gasteiger partial charge >= 0.3 is 0 Å². The van der Waals surface area contributed by atoms with Crippen LogP contribution in [-0.4, -0.2) is 16.0 Å². The van der Waals surface area contributed by atoms with Gasteiger partial charge in [-0.1, -0.05) is 19.1 Å². The molecule has 2 nitrogen and oxygen atoms in total. The molecule has 0 aliphatic carbocycles. The van der Waals surface area contributed by atoms with E-state index in [-0.39, 0.29) is 11.3 Å². The van der Waals surface area contributed by atoms with E-state index in [1.54, 1.807) is 0 Å². The molecule has 0 spiro atoms. The number of halogens is 1. The second-order valence-electron chi connectivity index (χ2n) is 3.70. The van der Waals surface area contributed by atoms with Crippen LogP contribution >= 0.6 is 15.9 Å². The molecule has 3 atom stereocenters. The lowest BCUT2D eigenvalue weighted by Gasteiger charge is -2.15. The summed E-state index contributed by atoms with van der Waals surface area (Å²) in [6.45, 7) is 5.01. The van der Waals surface area contributed by atoms with Gasteiger partial charge in [0.25, 0.3) is 0 Å². The fourth-order valence-electron chi connectivity index (χ4n) is 2.04. The Morgan fingerprint density at radius 2 is 2.27 bits per heavy atom. The van der Waals surface area contributed by atoms with Crippen LogP contribution in [0.3, 0.4) is 0 Å². The Kier molecular flexibility index (Phi) is 3.28. The topological polar surface area (TPSA) is 29.1 Å². The molecule has 0 amide bonds. The molecule has 0 aromatic heterocycles. The van der Waals surface area contributed by atoms with Crippen LogP contribution in [0.2, 0.25) is 0 Å². The van der Waals surface area contributed by atoms with Gasteiger partial charge in [-0.25, -0.2) is 0 Å². The van der Waals surface area contributed by atoms with Crippen LogP contribution in [0, 0.1) is 0 Å². The highest BCUT2D eigenvalue weighted by atomic mass is 79.9. The van der Waals surface area contributed by atoms with Crippen LogP contribution in [0.5, 0.6) is 0 Å². The van der Waals surface area contributed by atoms with Crippen molar-refractivity contribution in [2.45, 2.75) is 30.0 Å². The van der Waals surface area contributed by atoms with E-state index >= 15 is 0 Å². The molecule has 1 aliphatic heterocycles. The van der Waals surface area contributed by atoms with E-state index in [1.165, 1.54) is 5.56 Å². The molecule has 0 bridgehead atoms. The number of hydrogen-bond acceptors (Lipinski definition) is 2. The molecule has 0 fully saturated rings. The van der Waals surface area contributed by atoms with Crippen molar-refractivity contribution in [2.75, 3.05) is 6.54 Å². The molecule has 1 aliphatic rings. The second-order valence-corrected chi connectivity index (χ2v) is 6.30. The molecule has 1 heterocycles. The molecular weight excluding hydrogens is 274 g/mol. The Labute approximate surface area is 101 Å². The average molecular weight is 288 g/mol. The van der Waals surface area contributed by atoms with Gasteiger partial charge in [0.15, 0.2) is 0 Å². The molecule has 0 saturated carbocycles. The van der Waals surface area contributed by atoms with Crippen molar-refractivity contribution in [1.82, 2.24) is 5.32 Å². The minimum absolute atomic E-state index is 0.152. The van der Waals surface area contributed by atoms with Gasteiger partial charge in [-0.2, -0.15) is 0 Å². The standard InChI is InChI=1S/C11H14BrNOS/c1-3-13-10-7(2)15(14)11-8(10)5-4-6-9(11)12/h4-7,10,13H,3H2,1-2H3. The molecule has 1 aromatic rings. The fraction of sp³-hybridized carbons (Fsp3) is 0.455. The summed E-state index contributed by atoms with van der Waals surface area (Å²) in [6, 6.07) is 6.25. The van der Waals surface area contributed by atoms with Crippen molar-refractivity contribution >= 4 is 26.7 Å². The van der Waals surface area contributed by atoms with E-state index in [2.05, 4.69) is 34.2 Å². The summed E-state index contributed by atoms with van der Waals surface area (Å²) in [5, 5.41) is 3.55. The predicted octanol–water partition coefficient (Wildman–Crippen LogP) is 2.61. The smallest absolute Gasteiger partial charge is 0.0592 e. The second kappa shape index (κ2) is 4.36. The summed E-state index contributed by atoms with van der Waals surface area (Å²) in [4.78, 5) is 0.968. The monoisotopic (exact) mass is 287 g/mol. The summed E-state index contributed by atoms with van der Waals surface area (Å²) in [6.07, 6.45) is 0. The van der Waals surface area contributed by atoms with E-state index in [0.29, 0.717) is 0 Å². The Bertz CT molecular complexity index is 408. The largest absolute Gasteiger partial charge is 0.309 e. The van der Waals surface area contributed by atoms with E-state index in [9.17, 15) is 4.21 Å².